The zero-order chi connectivity index (χ0) is 23.1. The van der Waals surface area contributed by atoms with Crippen molar-refractivity contribution < 1.29 is 22.7 Å². The summed E-state index contributed by atoms with van der Waals surface area (Å²) in [6, 6.07) is 1.03. The molecule has 1 saturated heterocycles. The highest BCUT2D eigenvalue weighted by atomic mass is 32.2. The standard InChI is InChI=1S/C21H29N5O5S/c1-13-6-17(25-32(3,28)29)18(26(13)20(27)30-2)12-31-16-4-5-21(8-15(21)7-16)19-23-10-14(9-22)11-24-19/h10-11,13,15-18,25H,4-8,12H2,1-3H3/t13-,15-,16+,17+,18+,21-/m1/s1. The molecule has 1 aromatic rings. The lowest BCUT2D eigenvalue weighted by molar-refractivity contribution is -0.0103. The van der Waals surface area contributed by atoms with Gasteiger partial charge in [0, 0.05) is 29.9 Å². The van der Waals surface area contributed by atoms with Crippen LogP contribution in [0, 0.1) is 17.2 Å². The number of fused-ring (bicyclic) bond motifs is 1. The minimum absolute atomic E-state index is 0.0197. The highest BCUT2D eigenvalue weighted by molar-refractivity contribution is 7.88. The summed E-state index contributed by atoms with van der Waals surface area (Å²) in [5.41, 5.74) is 0.436. The van der Waals surface area contributed by atoms with Crippen LogP contribution in [0.2, 0.25) is 0 Å². The smallest absolute Gasteiger partial charge is 0.410 e. The predicted octanol–water partition coefficient (Wildman–Crippen LogP) is 1.32. The number of carbonyl (C=O) groups excluding carboxylic acids is 1. The second kappa shape index (κ2) is 8.57. The molecule has 11 heteroatoms. The molecule has 0 unspecified atom stereocenters. The molecule has 2 heterocycles. The third-order valence-electron chi connectivity index (χ3n) is 7.06. The number of nitrogens with zero attached hydrogens (tertiary/aromatic N) is 4. The average Bonchev–Trinajstić information content (AvgIpc) is 3.41. The summed E-state index contributed by atoms with van der Waals surface area (Å²) in [6.45, 7) is 2.12. The van der Waals surface area contributed by atoms with E-state index in [9.17, 15) is 13.2 Å². The van der Waals surface area contributed by atoms with Gasteiger partial charge in [0.2, 0.25) is 10.0 Å². The minimum atomic E-state index is -3.43. The van der Waals surface area contributed by atoms with E-state index in [2.05, 4.69) is 14.7 Å². The summed E-state index contributed by atoms with van der Waals surface area (Å²) in [5.74, 6) is 1.23. The molecule has 0 radical (unpaired) electrons. The van der Waals surface area contributed by atoms with Gasteiger partial charge in [-0.2, -0.15) is 5.26 Å². The fourth-order valence-electron chi connectivity index (χ4n) is 5.44. The Hall–Kier alpha value is -2.29. The molecule has 1 amide bonds. The number of nitriles is 1. The summed E-state index contributed by atoms with van der Waals surface area (Å²) in [6.07, 6.45) is 7.94. The van der Waals surface area contributed by atoms with Gasteiger partial charge in [0.25, 0.3) is 0 Å². The molecular formula is C21H29N5O5S. The summed E-state index contributed by atoms with van der Waals surface area (Å²) in [5, 5.41) is 8.95. The molecule has 6 atom stereocenters. The Morgan fingerprint density at radius 3 is 2.69 bits per heavy atom. The summed E-state index contributed by atoms with van der Waals surface area (Å²) in [7, 11) is -2.10. The first-order valence-electron chi connectivity index (χ1n) is 10.8. The topological polar surface area (TPSA) is 135 Å². The van der Waals surface area contributed by atoms with Gasteiger partial charge in [-0.1, -0.05) is 0 Å². The number of sulfonamides is 1. The first-order chi connectivity index (χ1) is 15.2. The van der Waals surface area contributed by atoms with Gasteiger partial charge in [-0.3, -0.25) is 4.90 Å². The van der Waals surface area contributed by atoms with Crippen LogP contribution in [-0.2, 0) is 24.9 Å². The SMILES string of the molecule is COC(=O)N1[C@H](C)C[C@H](NS(C)(=O)=O)[C@@H]1CO[C@H]1CC[C@@]2(c3ncc(C#N)cn3)C[C@H]2C1. The summed E-state index contributed by atoms with van der Waals surface area (Å²) < 4.78 is 37.5. The van der Waals surface area contributed by atoms with Crippen LogP contribution in [0.3, 0.4) is 0 Å². The fraction of sp³-hybridized carbons (Fsp3) is 0.714. The van der Waals surface area contributed by atoms with Crippen LogP contribution in [-0.4, -0.2) is 73.6 Å². The maximum Gasteiger partial charge on any atom is 0.410 e. The first-order valence-corrected chi connectivity index (χ1v) is 12.7. The first kappa shape index (κ1) is 22.9. The number of carbonyl (C=O) groups is 1. The number of likely N-dealkylation sites (tertiary alicyclic amines) is 1. The second-order valence-corrected chi connectivity index (χ2v) is 11.0. The van der Waals surface area contributed by atoms with Gasteiger partial charge in [-0.05, 0) is 44.9 Å². The molecule has 1 aliphatic heterocycles. The van der Waals surface area contributed by atoms with Gasteiger partial charge in [0.15, 0.2) is 0 Å². The molecule has 3 aliphatic rings. The van der Waals surface area contributed by atoms with Crippen LogP contribution in [0.5, 0.6) is 0 Å². The molecule has 0 bridgehead atoms. The Morgan fingerprint density at radius 1 is 1.38 bits per heavy atom. The lowest BCUT2D eigenvalue weighted by Gasteiger charge is -2.32. The average molecular weight is 464 g/mol. The molecule has 2 saturated carbocycles. The van der Waals surface area contributed by atoms with Crippen molar-refractivity contribution in [1.82, 2.24) is 19.6 Å². The number of ether oxygens (including phenoxy) is 2. The zero-order valence-corrected chi connectivity index (χ0v) is 19.3. The van der Waals surface area contributed by atoms with Crippen molar-refractivity contribution >= 4 is 16.1 Å². The van der Waals surface area contributed by atoms with Crippen LogP contribution < -0.4 is 4.72 Å². The van der Waals surface area contributed by atoms with E-state index < -0.39 is 28.2 Å². The van der Waals surface area contributed by atoms with Crippen molar-refractivity contribution in [2.75, 3.05) is 20.0 Å². The van der Waals surface area contributed by atoms with Crippen LogP contribution >= 0.6 is 0 Å². The third kappa shape index (κ3) is 4.44. The van der Waals surface area contributed by atoms with Crippen molar-refractivity contribution in [1.29, 1.82) is 5.26 Å². The van der Waals surface area contributed by atoms with E-state index in [1.165, 1.54) is 7.11 Å². The van der Waals surface area contributed by atoms with Crippen molar-refractivity contribution in [3.05, 3.63) is 23.8 Å². The van der Waals surface area contributed by atoms with Crippen LogP contribution in [0.4, 0.5) is 4.79 Å². The molecule has 32 heavy (non-hydrogen) atoms. The number of hydrogen-bond donors (Lipinski definition) is 1. The largest absolute Gasteiger partial charge is 0.453 e. The fourth-order valence-corrected chi connectivity index (χ4v) is 6.25. The minimum Gasteiger partial charge on any atom is -0.453 e. The van der Waals surface area contributed by atoms with Crippen LogP contribution in [0.1, 0.15) is 50.4 Å². The van der Waals surface area contributed by atoms with Crippen molar-refractivity contribution in [3.8, 4) is 6.07 Å². The van der Waals surface area contributed by atoms with E-state index in [0.29, 0.717) is 17.9 Å². The molecular weight excluding hydrogens is 434 g/mol. The lowest BCUT2D eigenvalue weighted by Crippen LogP contribution is -2.50. The highest BCUT2D eigenvalue weighted by Gasteiger charge is 2.60. The molecule has 10 nitrogen and oxygen atoms in total. The number of aromatic nitrogens is 2. The molecule has 1 N–H and O–H groups in total. The quantitative estimate of drug-likeness (QED) is 0.667. The molecule has 174 valence electrons. The van der Waals surface area contributed by atoms with Gasteiger partial charge in [-0.15, -0.1) is 0 Å². The van der Waals surface area contributed by atoms with E-state index in [1.807, 2.05) is 13.0 Å². The number of methoxy groups -OCH3 is 1. The summed E-state index contributed by atoms with van der Waals surface area (Å²) in [4.78, 5) is 22.7. The number of nitrogens with one attached hydrogen (secondary N) is 1. The molecule has 0 spiro atoms. The number of hydrogen-bond acceptors (Lipinski definition) is 8. The maximum absolute atomic E-state index is 12.3. The van der Waals surface area contributed by atoms with Crippen molar-refractivity contribution in [2.24, 2.45) is 5.92 Å². The van der Waals surface area contributed by atoms with E-state index in [1.54, 1.807) is 17.3 Å². The van der Waals surface area contributed by atoms with Crippen LogP contribution in [0.25, 0.3) is 0 Å². The Kier molecular flexibility index (Phi) is 6.13. The van der Waals surface area contributed by atoms with E-state index in [4.69, 9.17) is 14.7 Å². The van der Waals surface area contributed by atoms with E-state index >= 15 is 0 Å². The molecule has 4 rings (SSSR count). The van der Waals surface area contributed by atoms with Crippen molar-refractivity contribution in [3.63, 3.8) is 0 Å². The maximum atomic E-state index is 12.3. The van der Waals surface area contributed by atoms with E-state index in [-0.39, 0.29) is 24.2 Å². The third-order valence-corrected chi connectivity index (χ3v) is 7.79. The molecule has 3 fully saturated rings. The molecule has 0 aromatic carbocycles. The molecule has 1 aromatic heterocycles. The molecule has 2 aliphatic carbocycles. The predicted molar refractivity (Wildman–Crippen MR) is 114 cm³/mol. The van der Waals surface area contributed by atoms with Crippen LogP contribution in [0.15, 0.2) is 12.4 Å². The highest BCUT2D eigenvalue weighted by Crippen LogP contribution is 2.61. The number of rotatable bonds is 6. The van der Waals surface area contributed by atoms with Crippen molar-refractivity contribution in [2.45, 2.75) is 68.7 Å². The Morgan fingerprint density at radius 2 is 2.09 bits per heavy atom. The number of amides is 1. The van der Waals surface area contributed by atoms with Gasteiger partial charge in [0.1, 0.15) is 11.9 Å². The monoisotopic (exact) mass is 463 g/mol. The van der Waals surface area contributed by atoms with Gasteiger partial charge < -0.3 is 9.47 Å². The normalized spacial score (nSPS) is 33.9. The van der Waals surface area contributed by atoms with Gasteiger partial charge in [-0.25, -0.2) is 27.9 Å². The van der Waals surface area contributed by atoms with E-state index in [0.717, 1.165) is 37.8 Å². The zero-order valence-electron chi connectivity index (χ0n) is 18.5. The van der Waals surface area contributed by atoms with Gasteiger partial charge >= 0.3 is 6.09 Å². The lowest BCUT2D eigenvalue weighted by atomic mass is 9.86. The Bertz CT molecular complexity index is 1010. The second-order valence-electron chi connectivity index (χ2n) is 9.22. The van der Waals surface area contributed by atoms with Gasteiger partial charge in [0.05, 0.1) is 37.7 Å². The summed E-state index contributed by atoms with van der Waals surface area (Å²) >= 11 is 0. The Labute approximate surface area is 188 Å². The Balaban J connectivity index is 1.39.